The standard InChI is InChI=1S/C36H44F4N2O4/c1-3-5-7-9-10-11-12-13-15-26-24-41-35(42-25-26)46-33(43)28-19-17-27(18-20-28)29-21-22-30(31(37)23-29)34(44)45-32(36(38,39)40)16-14-8-6-4-2/h17-25,32H,3-16H2,1-2H3. The summed E-state index contributed by atoms with van der Waals surface area (Å²) in [6.45, 7) is 4.15. The molecule has 0 N–H and O–H groups in total. The van der Waals surface area contributed by atoms with Gasteiger partial charge in [0.1, 0.15) is 5.82 Å². The van der Waals surface area contributed by atoms with Crippen molar-refractivity contribution in [3.63, 3.8) is 0 Å². The predicted octanol–water partition coefficient (Wildman–Crippen LogP) is 10.2. The molecular formula is C36H44F4N2O4. The molecule has 0 amide bonds. The number of unbranched alkanes of at least 4 members (excludes halogenated alkanes) is 10. The van der Waals surface area contributed by atoms with Crippen molar-refractivity contribution in [2.75, 3.05) is 0 Å². The van der Waals surface area contributed by atoms with Crippen LogP contribution in [0.2, 0.25) is 0 Å². The number of halogens is 4. The van der Waals surface area contributed by atoms with Gasteiger partial charge in [-0.15, -0.1) is 0 Å². The highest BCUT2D eigenvalue weighted by Crippen LogP contribution is 2.29. The van der Waals surface area contributed by atoms with Crippen molar-refractivity contribution in [1.29, 1.82) is 0 Å². The minimum Gasteiger partial charge on any atom is -0.449 e. The van der Waals surface area contributed by atoms with Crippen LogP contribution >= 0.6 is 0 Å². The molecule has 0 radical (unpaired) electrons. The summed E-state index contributed by atoms with van der Waals surface area (Å²) in [6, 6.07) is 9.57. The third-order valence-corrected chi connectivity index (χ3v) is 7.76. The van der Waals surface area contributed by atoms with Gasteiger partial charge >= 0.3 is 24.1 Å². The Kier molecular flexibility index (Phi) is 15.1. The van der Waals surface area contributed by atoms with Crippen molar-refractivity contribution < 1.29 is 36.6 Å². The van der Waals surface area contributed by atoms with Gasteiger partial charge in [0.25, 0.3) is 0 Å². The van der Waals surface area contributed by atoms with Crippen molar-refractivity contribution in [2.24, 2.45) is 0 Å². The van der Waals surface area contributed by atoms with E-state index in [4.69, 9.17) is 4.74 Å². The Morgan fingerprint density at radius 2 is 1.30 bits per heavy atom. The van der Waals surface area contributed by atoms with Gasteiger partial charge in [0.05, 0.1) is 11.1 Å². The first-order valence-corrected chi connectivity index (χ1v) is 16.3. The molecule has 46 heavy (non-hydrogen) atoms. The summed E-state index contributed by atoms with van der Waals surface area (Å²) in [4.78, 5) is 33.3. The first kappa shape index (κ1) is 36.6. The van der Waals surface area contributed by atoms with Crippen LogP contribution in [0.4, 0.5) is 17.6 Å². The summed E-state index contributed by atoms with van der Waals surface area (Å²) in [5.41, 5.74) is 1.48. The summed E-state index contributed by atoms with van der Waals surface area (Å²) in [7, 11) is 0. The molecule has 2 aromatic carbocycles. The average Bonchev–Trinajstić information content (AvgIpc) is 3.04. The molecule has 0 fully saturated rings. The first-order chi connectivity index (χ1) is 22.1. The van der Waals surface area contributed by atoms with Crippen LogP contribution in [0.25, 0.3) is 11.1 Å². The van der Waals surface area contributed by atoms with E-state index in [0.29, 0.717) is 17.5 Å². The second kappa shape index (κ2) is 19.0. The lowest BCUT2D eigenvalue weighted by atomic mass is 10.0. The monoisotopic (exact) mass is 644 g/mol. The lowest BCUT2D eigenvalue weighted by molar-refractivity contribution is -0.206. The molecule has 250 valence electrons. The average molecular weight is 645 g/mol. The van der Waals surface area contributed by atoms with Gasteiger partial charge in [-0.2, -0.15) is 13.2 Å². The molecule has 10 heteroatoms. The highest BCUT2D eigenvalue weighted by Gasteiger charge is 2.42. The zero-order chi connectivity index (χ0) is 33.4. The third kappa shape index (κ3) is 12.2. The zero-order valence-corrected chi connectivity index (χ0v) is 26.7. The van der Waals surface area contributed by atoms with Crippen LogP contribution in [-0.2, 0) is 11.2 Å². The number of aryl methyl sites for hydroxylation is 1. The number of carbonyl (C=O) groups is 2. The Labute approximate surface area is 268 Å². The van der Waals surface area contributed by atoms with E-state index in [0.717, 1.165) is 49.8 Å². The van der Waals surface area contributed by atoms with Crippen LogP contribution in [0.15, 0.2) is 54.9 Å². The second-order valence-corrected chi connectivity index (χ2v) is 11.5. The molecule has 0 saturated carbocycles. The van der Waals surface area contributed by atoms with Crippen LogP contribution in [0.1, 0.15) is 124 Å². The van der Waals surface area contributed by atoms with Crippen LogP contribution < -0.4 is 4.74 Å². The Morgan fingerprint density at radius 3 is 1.89 bits per heavy atom. The SMILES string of the molecule is CCCCCCCCCCc1cnc(OC(=O)c2ccc(-c3ccc(C(=O)OC(CCCCCC)C(F)(F)F)c(F)c3)cc2)nc1. The van der Waals surface area contributed by atoms with E-state index in [1.165, 1.54) is 56.7 Å². The maximum absolute atomic E-state index is 14.8. The van der Waals surface area contributed by atoms with Gasteiger partial charge in [0, 0.05) is 12.4 Å². The lowest BCUT2D eigenvalue weighted by Gasteiger charge is -2.21. The number of benzene rings is 2. The van der Waals surface area contributed by atoms with E-state index in [2.05, 4.69) is 21.6 Å². The maximum Gasteiger partial charge on any atom is 0.425 e. The van der Waals surface area contributed by atoms with Gasteiger partial charge in [0.2, 0.25) is 0 Å². The third-order valence-electron chi connectivity index (χ3n) is 7.76. The van der Waals surface area contributed by atoms with Crippen LogP contribution in [0, 0.1) is 5.82 Å². The summed E-state index contributed by atoms with van der Waals surface area (Å²) in [6.07, 6.45) is 9.06. The highest BCUT2D eigenvalue weighted by atomic mass is 19.4. The summed E-state index contributed by atoms with van der Waals surface area (Å²) < 4.78 is 65.0. The van der Waals surface area contributed by atoms with Crippen molar-refractivity contribution in [2.45, 2.75) is 116 Å². The first-order valence-electron chi connectivity index (χ1n) is 16.3. The molecule has 0 aliphatic rings. The fourth-order valence-electron chi connectivity index (χ4n) is 5.03. The Bertz CT molecular complexity index is 1360. The number of aromatic nitrogens is 2. The van der Waals surface area contributed by atoms with Crippen molar-refractivity contribution >= 4 is 11.9 Å². The van der Waals surface area contributed by atoms with Crippen molar-refractivity contribution in [3.05, 3.63) is 77.4 Å². The van der Waals surface area contributed by atoms with Crippen molar-refractivity contribution in [3.8, 4) is 17.1 Å². The molecule has 0 aliphatic heterocycles. The lowest BCUT2D eigenvalue weighted by Crippen LogP contribution is -2.34. The number of nitrogens with zero attached hydrogens (tertiary/aromatic N) is 2. The van der Waals surface area contributed by atoms with E-state index in [1.54, 1.807) is 24.5 Å². The maximum atomic E-state index is 14.8. The van der Waals surface area contributed by atoms with Gasteiger partial charge in [-0.3, -0.25) is 0 Å². The van der Waals surface area contributed by atoms with Gasteiger partial charge in [-0.1, -0.05) is 96.3 Å². The Balaban J connectivity index is 1.52. The quantitative estimate of drug-likeness (QED) is 0.0734. The number of carbonyl (C=O) groups excluding carboxylic acids is 2. The number of esters is 2. The van der Waals surface area contributed by atoms with Crippen LogP contribution in [0.5, 0.6) is 6.01 Å². The number of alkyl halides is 3. The van der Waals surface area contributed by atoms with E-state index < -0.39 is 35.6 Å². The Hall–Kier alpha value is -3.82. The van der Waals surface area contributed by atoms with Crippen LogP contribution in [0.3, 0.4) is 0 Å². The number of rotatable bonds is 19. The largest absolute Gasteiger partial charge is 0.449 e. The minimum atomic E-state index is -4.75. The fourth-order valence-corrected chi connectivity index (χ4v) is 5.03. The molecule has 0 saturated heterocycles. The predicted molar refractivity (Wildman–Crippen MR) is 169 cm³/mol. The molecule has 1 heterocycles. The number of hydrogen-bond donors (Lipinski definition) is 0. The summed E-state index contributed by atoms with van der Waals surface area (Å²) in [5, 5.41) is 0. The Morgan fingerprint density at radius 1 is 0.739 bits per heavy atom. The van der Waals surface area contributed by atoms with Gasteiger partial charge < -0.3 is 9.47 Å². The van der Waals surface area contributed by atoms with Gasteiger partial charge in [-0.05, 0) is 66.6 Å². The van der Waals surface area contributed by atoms with E-state index >= 15 is 0 Å². The molecule has 0 bridgehead atoms. The molecule has 3 rings (SSSR count). The topological polar surface area (TPSA) is 78.4 Å². The second-order valence-electron chi connectivity index (χ2n) is 11.5. The molecule has 3 aromatic rings. The minimum absolute atomic E-state index is 0.0629. The molecule has 0 aliphatic carbocycles. The van der Waals surface area contributed by atoms with Crippen molar-refractivity contribution in [1.82, 2.24) is 9.97 Å². The molecule has 1 aromatic heterocycles. The molecule has 6 nitrogen and oxygen atoms in total. The zero-order valence-electron chi connectivity index (χ0n) is 26.7. The van der Waals surface area contributed by atoms with E-state index in [1.807, 2.05) is 6.92 Å². The number of ether oxygens (including phenoxy) is 2. The summed E-state index contributed by atoms with van der Waals surface area (Å²) in [5.74, 6) is -3.05. The molecule has 1 unspecified atom stereocenters. The normalized spacial score (nSPS) is 12.1. The highest BCUT2D eigenvalue weighted by molar-refractivity contribution is 5.92. The number of hydrogen-bond acceptors (Lipinski definition) is 6. The van der Waals surface area contributed by atoms with E-state index in [-0.39, 0.29) is 24.4 Å². The smallest absolute Gasteiger partial charge is 0.425 e. The molecule has 1 atom stereocenters. The molecule has 0 spiro atoms. The van der Waals surface area contributed by atoms with Gasteiger partial charge in [0.15, 0.2) is 6.10 Å². The summed E-state index contributed by atoms with van der Waals surface area (Å²) >= 11 is 0. The van der Waals surface area contributed by atoms with E-state index in [9.17, 15) is 27.2 Å². The fraction of sp³-hybridized carbons (Fsp3) is 0.500. The van der Waals surface area contributed by atoms with Crippen LogP contribution in [-0.4, -0.2) is 34.2 Å². The molecular weight excluding hydrogens is 600 g/mol. The van der Waals surface area contributed by atoms with Gasteiger partial charge in [-0.25, -0.2) is 23.9 Å².